The normalized spacial score (nSPS) is 13.9. The Labute approximate surface area is 217 Å². The summed E-state index contributed by atoms with van der Waals surface area (Å²) in [6.45, 7) is 5.26. The third-order valence-electron chi connectivity index (χ3n) is 6.19. The first-order chi connectivity index (χ1) is 17.6. The van der Waals surface area contributed by atoms with E-state index in [1.54, 1.807) is 46.4 Å². The lowest BCUT2D eigenvalue weighted by Crippen LogP contribution is -2.44. The first kappa shape index (κ1) is 25.9. The van der Waals surface area contributed by atoms with E-state index in [0.29, 0.717) is 36.0 Å². The second kappa shape index (κ2) is 13.3. The number of carbonyl (C=O) groups excluding carboxylic acids is 2. The van der Waals surface area contributed by atoms with Crippen LogP contribution in [0.2, 0.25) is 5.02 Å². The van der Waals surface area contributed by atoms with Gasteiger partial charge in [-0.05, 0) is 42.3 Å². The molecule has 1 fully saturated rings. The van der Waals surface area contributed by atoms with E-state index < -0.39 is 0 Å². The van der Waals surface area contributed by atoms with Gasteiger partial charge in [-0.1, -0.05) is 48.0 Å². The molecule has 1 aromatic heterocycles. The number of benzene rings is 2. The van der Waals surface area contributed by atoms with Crippen LogP contribution in [0.25, 0.3) is 0 Å². The molecule has 2 heterocycles. The average molecular weight is 510 g/mol. The van der Waals surface area contributed by atoms with Crippen molar-refractivity contribution in [1.29, 1.82) is 0 Å². The summed E-state index contributed by atoms with van der Waals surface area (Å²) in [4.78, 5) is 32.7. The highest BCUT2D eigenvalue weighted by molar-refractivity contribution is 6.31. The molecule has 0 aliphatic carbocycles. The number of ether oxygens (including phenoxy) is 1. The number of morpholine rings is 1. The Kier molecular flexibility index (Phi) is 9.55. The Bertz CT molecular complexity index is 1100. The van der Waals surface area contributed by atoms with Crippen LogP contribution < -0.4 is 0 Å². The smallest absolute Gasteiger partial charge is 0.254 e. The molecule has 1 saturated heterocycles. The molecule has 0 unspecified atom stereocenters. The van der Waals surface area contributed by atoms with Crippen molar-refractivity contribution in [3.63, 3.8) is 0 Å². The number of carbonyl (C=O) groups is 2. The number of rotatable bonds is 11. The molecule has 0 N–H and O–H groups in total. The quantitative estimate of drug-likeness (QED) is 0.385. The SMILES string of the molecule is O=C(CN(CCCN1CCOCC1)C(=O)c1cccc(Cl)c1)N(Cc1ccccc1)Cc1ccco1. The third-order valence-corrected chi connectivity index (χ3v) is 6.42. The molecule has 2 aromatic carbocycles. The molecule has 1 aliphatic heterocycles. The summed E-state index contributed by atoms with van der Waals surface area (Å²) in [6, 6.07) is 20.3. The van der Waals surface area contributed by atoms with E-state index in [2.05, 4.69) is 4.90 Å². The molecule has 1 aliphatic rings. The van der Waals surface area contributed by atoms with Gasteiger partial charge in [0, 0.05) is 43.3 Å². The second-order valence-electron chi connectivity index (χ2n) is 8.86. The minimum atomic E-state index is -0.203. The van der Waals surface area contributed by atoms with Crippen LogP contribution in [0.3, 0.4) is 0 Å². The van der Waals surface area contributed by atoms with E-state index in [1.165, 1.54) is 0 Å². The molecule has 3 aromatic rings. The highest BCUT2D eigenvalue weighted by atomic mass is 35.5. The van der Waals surface area contributed by atoms with Gasteiger partial charge in [0.25, 0.3) is 5.91 Å². The van der Waals surface area contributed by atoms with Crippen molar-refractivity contribution in [2.24, 2.45) is 0 Å². The Morgan fingerprint density at radius 3 is 2.44 bits per heavy atom. The zero-order chi connectivity index (χ0) is 25.2. The summed E-state index contributed by atoms with van der Waals surface area (Å²) >= 11 is 6.15. The molecule has 36 heavy (non-hydrogen) atoms. The van der Waals surface area contributed by atoms with E-state index in [4.69, 9.17) is 20.8 Å². The van der Waals surface area contributed by atoms with Gasteiger partial charge in [0.15, 0.2) is 0 Å². The van der Waals surface area contributed by atoms with Crippen LogP contribution in [0.4, 0.5) is 0 Å². The maximum absolute atomic E-state index is 13.6. The van der Waals surface area contributed by atoms with Crippen LogP contribution in [0.5, 0.6) is 0 Å². The first-order valence-corrected chi connectivity index (χ1v) is 12.7. The number of halogens is 1. The third kappa shape index (κ3) is 7.68. The van der Waals surface area contributed by atoms with E-state index in [9.17, 15) is 9.59 Å². The summed E-state index contributed by atoms with van der Waals surface area (Å²) in [6.07, 6.45) is 2.36. The monoisotopic (exact) mass is 509 g/mol. The standard InChI is InChI=1S/C28H32ClN3O4/c29-25-10-4-9-24(19-25)28(34)31(13-6-12-30-14-17-35-18-15-30)22-27(33)32(21-26-11-5-16-36-26)20-23-7-2-1-3-8-23/h1-5,7-11,16,19H,6,12-15,17-18,20-22H2. The number of hydrogen-bond donors (Lipinski definition) is 0. The number of furan rings is 1. The molecule has 4 rings (SSSR count). The van der Waals surface area contributed by atoms with Gasteiger partial charge in [-0.15, -0.1) is 0 Å². The van der Waals surface area contributed by atoms with E-state index >= 15 is 0 Å². The Balaban J connectivity index is 1.48. The minimum absolute atomic E-state index is 0.0258. The zero-order valence-electron chi connectivity index (χ0n) is 20.4. The van der Waals surface area contributed by atoms with Gasteiger partial charge in [0.1, 0.15) is 12.3 Å². The van der Waals surface area contributed by atoms with Gasteiger partial charge < -0.3 is 19.0 Å². The molecule has 0 bridgehead atoms. The van der Waals surface area contributed by atoms with Crippen LogP contribution in [-0.4, -0.2) is 72.5 Å². The van der Waals surface area contributed by atoms with Crippen LogP contribution in [0.1, 0.15) is 28.1 Å². The maximum Gasteiger partial charge on any atom is 0.254 e. The molecular weight excluding hydrogens is 478 g/mol. The largest absolute Gasteiger partial charge is 0.467 e. The lowest BCUT2D eigenvalue weighted by molar-refractivity contribution is -0.133. The van der Waals surface area contributed by atoms with Gasteiger partial charge in [-0.25, -0.2) is 0 Å². The topological polar surface area (TPSA) is 66.2 Å². The Morgan fingerprint density at radius 2 is 1.72 bits per heavy atom. The molecular formula is C28H32ClN3O4. The molecule has 7 nitrogen and oxygen atoms in total. The van der Waals surface area contributed by atoms with Crippen LogP contribution >= 0.6 is 11.6 Å². The van der Waals surface area contributed by atoms with Gasteiger partial charge in [0.2, 0.25) is 5.91 Å². The summed E-state index contributed by atoms with van der Waals surface area (Å²) in [5.41, 5.74) is 1.49. The summed E-state index contributed by atoms with van der Waals surface area (Å²) < 4.78 is 10.9. The number of nitrogens with zero attached hydrogens (tertiary/aromatic N) is 3. The van der Waals surface area contributed by atoms with Crippen molar-refractivity contribution in [3.8, 4) is 0 Å². The fourth-order valence-electron chi connectivity index (χ4n) is 4.26. The van der Waals surface area contributed by atoms with Crippen molar-refractivity contribution in [1.82, 2.24) is 14.7 Å². The highest BCUT2D eigenvalue weighted by Gasteiger charge is 2.24. The van der Waals surface area contributed by atoms with Crippen LogP contribution in [-0.2, 0) is 22.6 Å². The Morgan fingerprint density at radius 1 is 0.917 bits per heavy atom. The van der Waals surface area contributed by atoms with E-state index in [1.807, 2.05) is 36.4 Å². The van der Waals surface area contributed by atoms with Crippen molar-refractivity contribution in [2.45, 2.75) is 19.5 Å². The molecule has 190 valence electrons. The maximum atomic E-state index is 13.6. The van der Waals surface area contributed by atoms with Gasteiger partial charge in [-0.2, -0.15) is 0 Å². The van der Waals surface area contributed by atoms with Crippen LogP contribution in [0, 0.1) is 0 Å². The van der Waals surface area contributed by atoms with Crippen molar-refractivity contribution in [2.75, 3.05) is 45.9 Å². The van der Waals surface area contributed by atoms with Crippen molar-refractivity contribution < 1.29 is 18.7 Å². The van der Waals surface area contributed by atoms with Crippen LogP contribution in [0.15, 0.2) is 77.4 Å². The predicted molar refractivity (Wildman–Crippen MR) is 139 cm³/mol. The number of amides is 2. The molecule has 2 amide bonds. The molecule has 0 atom stereocenters. The van der Waals surface area contributed by atoms with Crippen molar-refractivity contribution >= 4 is 23.4 Å². The zero-order valence-corrected chi connectivity index (χ0v) is 21.1. The summed E-state index contributed by atoms with van der Waals surface area (Å²) in [5, 5.41) is 0.490. The van der Waals surface area contributed by atoms with Crippen molar-refractivity contribution in [3.05, 3.63) is 94.9 Å². The van der Waals surface area contributed by atoms with Gasteiger partial charge in [-0.3, -0.25) is 14.5 Å². The lowest BCUT2D eigenvalue weighted by Gasteiger charge is -2.30. The molecule has 8 heteroatoms. The molecule has 0 radical (unpaired) electrons. The Hall–Kier alpha value is -3.13. The molecule has 0 saturated carbocycles. The highest BCUT2D eigenvalue weighted by Crippen LogP contribution is 2.16. The molecule has 0 spiro atoms. The predicted octanol–water partition coefficient (Wildman–Crippen LogP) is 4.33. The fourth-order valence-corrected chi connectivity index (χ4v) is 4.45. The van der Waals surface area contributed by atoms with E-state index in [-0.39, 0.29) is 18.4 Å². The first-order valence-electron chi connectivity index (χ1n) is 12.3. The second-order valence-corrected chi connectivity index (χ2v) is 9.30. The number of hydrogen-bond acceptors (Lipinski definition) is 5. The fraction of sp³-hybridized carbons (Fsp3) is 0.357. The lowest BCUT2D eigenvalue weighted by atomic mass is 10.1. The van der Waals surface area contributed by atoms with E-state index in [0.717, 1.165) is 44.8 Å². The average Bonchev–Trinajstić information content (AvgIpc) is 3.42. The van der Waals surface area contributed by atoms with Gasteiger partial charge >= 0.3 is 0 Å². The summed E-state index contributed by atoms with van der Waals surface area (Å²) in [5.74, 6) is 0.349. The minimum Gasteiger partial charge on any atom is -0.467 e. The summed E-state index contributed by atoms with van der Waals surface area (Å²) in [7, 11) is 0. The van der Waals surface area contributed by atoms with Gasteiger partial charge in [0.05, 0.1) is 26.0 Å².